The van der Waals surface area contributed by atoms with Gasteiger partial charge in [0.25, 0.3) is 10.1 Å². The van der Waals surface area contributed by atoms with E-state index in [0.29, 0.717) is 5.56 Å². The van der Waals surface area contributed by atoms with Crippen molar-refractivity contribution >= 4 is 16.1 Å². The van der Waals surface area contributed by atoms with Crippen LogP contribution in [0.15, 0.2) is 53.4 Å². The van der Waals surface area contributed by atoms with Gasteiger partial charge in [0.15, 0.2) is 0 Å². The monoisotopic (exact) mass is 308 g/mol. The van der Waals surface area contributed by atoms with Gasteiger partial charge in [-0.2, -0.15) is 8.42 Å². The van der Waals surface area contributed by atoms with Gasteiger partial charge < -0.3 is 5.11 Å². The number of aromatic carboxylic acids is 1. The van der Waals surface area contributed by atoms with Crippen molar-refractivity contribution in [3.8, 4) is 0 Å². The summed E-state index contributed by atoms with van der Waals surface area (Å²) in [6.45, 7) is 3.62. The Hall–Kier alpha value is -2.18. The number of benzene rings is 2. The summed E-state index contributed by atoms with van der Waals surface area (Å²) >= 11 is 0. The third-order valence-electron chi connectivity index (χ3n) is 2.69. The summed E-state index contributed by atoms with van der Waals surface area (Å²) in [6, 6.07) is 12.9. The van der Waals surface area contributed by atoms with Gasteiger partial charge in [0, 0.05) is 0 Å². The van der Waals surface area contributed by atoms with Crippen molar-refractivity contribution < 1.29 is 22.9 Å². The van der Waals surface area contributed by atoms with E-state index >= 15 is 0 Å². The fraction of sp³-hybridized carbons (Fsp3) is 0.133. The highest BCUT2D eigenvalue weighted by molar-refractivity contribution is 7.85. The summed E-state index contributed by atoms with van der Waals surface area (Å²) in [4.78, 5) is 10.4. The summed E-state index contributed by atoms with van der Waals surface area (Å²) in [5.41, 5.74) is 2.13. The summed E-state index contributed by atoms with van der Waals surface area (Å²) in [5, 5.41) is 8.57. The van der Waals surface area contributed by atoms with E-state index in [-0.39, 0.29) is 4.90 Å². The molecular formula is C15H16O5S. The Kier molecular flexibility index (Phi) is 5.63. The van der Waals surface area contributed by atoms with Gasteiger partial charge in [-0.05, 0) is 37.6 Å². The van der Waals surface area contributed by atoms with Crippen LogP contribution >= 0.6 is 0 Å². The first-order chi connectivity index (χ1) is 9.71. The van der Waals surface area contributed by atoms with Crippen LogP contribution in [0.3, 0.4) is 0 Å². The molecule has 2 aromatic carbocycles. The first-order valence-electron chi connectivity index (χ1n) is 6.05. The molecule has 0 amide bonds. The predicted molar refractivity (Wildman–Crippen MR) is 79.1 cm³/mol. The molecule has 21 heavy (non-hydrogen) atoms. The van der Waals surface area contributed by atoms with Crippen molar-refractivity contribution in [1.29, 1.82) is 0 Å². The second-order valence-electron chi connectivity index (χ2n) is 4.41. The van der Waals surface area contributed by atoms with Gasteiger partial charge in [-0.1, -0.05) is 35.9 Å². The van der Waals surface area contributed by atoms with Crippen LogP contribution in [0.2, 0.25) is 0 Å². The van der Waals surface area contributed by atoms with Gasteiger partial charge in [-0.25, -0.2) is 4.79 Å². The minimum Gasteiger partial charge on any atom is -0.478 e. The smallest absolute Gasteiger partial charge is 0.335 e. The van der Waals surface area contributed by atoms with E-state index in [2.05, 4.69) is 0 Å². The van der Waals surface area contributed by atoms with Crippen LogP contribution in [0, 0.1) is 13.8 Å². The minimum atomic E-state index is -4.02. The zero-order valence-corrected chi connectivity index (χ0v) is 12.5. The second kappa shape index (κ2) is 7.01. The highest BCUT2D eigenvalue weighted by Crippen LogP contribution is 2.08. The summed E-state index contributed by atoms with van der Waals surface area (Å²) in [5.74, 6) is -0.863. The lowest BCUT2D eigenvalue weighted by atomic mass is 10.1. The highest BCUT2D eigenvalue weighted by atomic mass is 32.2. The molecule has 0 aliphatic heterocycles. The molecule has 0 spiro atoms. The molecule has 0 aliphatic carbocycles. The molecule has 2 rings (SSSR count). The maximum Gasteiger partial charge on any atom is 0.335 e. The van der Waals surface area contributed by atoms with Gasteiger partial charge in [-0.3, -0.25) is 4.55 Å². The van der Waals surface area contributed by atoms with Crippen LogP contribution in [0.5, 0.6) is 0 Å². The summed E-state index contributed by atoms with van der Waals surface area (Å²) in [6.07, 6.45) is 0. The number of carboxylic acids is 1. The quantitative estimate of drug-likeness (QED) is 0.832. The van der Waals surface area contributed by atoms with Gasteiger partial charge in [0.1, 0.15) is 0 Å². The lowest BCUT2D eigenvalue weighted by Gasteiger charge is -1.96. The predicted octanol–water partition coefficient (Wildman–Crippen LogP) is 2.93. The highest BCUT2D eigenvalue weighted by Gasteiger charge is 2.06. The molecule has 0 bridgehead atoms. The Morgan fingerprint density at radius 1 is 0.952 bits per heavy atom. The fourth-order valence-electron chi connectivity index (χ4n) is 1.52. The Morgan fingerprint density at radius 3 is 1.86 bits per heavy atom. The normalized spacial score (nSPS) is 10.4. The maximum absolute atomic E-state index is 10.5. The minimum absolute atomic E-state index is 0.0666. The van der Waals surface area contributed by atoms with Gasteiger partial charge in [-0.15, -0.1) is 0 Å². The molecule has 2 N–H and O–H groups in total. The number of aryl methyl sites for hydroxylation is 2. The van der Waals surface area contributed by atoms with Crippen molar-refractivity contribution in [2.45, 2.75) is 18.7 Å². The van der Waals surface area contributed by atoms with Gasteiger partial charge in [0.05, 0.1) is 10.5 Å². The van der Waals surface area contributed by atoms with Crippen molar-refractivity contribution in [1.82, 2.24) is 0 Å². The molecule has 0 unspecified atom stereocenters. The molecule has 112 valence electrons. The van der Waals surface area contributed by atoms with Crippen molar-refractivity contribution in [2.24, 2.45) is 0 Å². The SMILES string of the molecule is Cc1ccc(S(=O)(=O)O)cc1.Cc1ccccc1C(=O)O. The van der Waals surface area contributed by atoms with Crippen molar-refractivity contribution in [3.05, 3.63) is 65.2 Å². The second-order valence-corrected chi connectivity index (χ2v) is 5.83. The van der Waals surface area contributed by atoms with Crippen LogP contribution in [0.1, 0.15) is 21.5 Å². The van der Waals surface area contributed by atoms with E-state index in [1.54, 1.807) is 37.3 Å². The first-order valence-corrected chi connectivity index (χ1v) is 7.49. The Bertz CT molecular complexity index is 718. The molecule has 6 heteroatoms. The molecule has 5 nitrogen and oxygen atoms in total. The summed E-state index contributed by atoms with van der Waals surface area (Å²) in [7, 11) is -4.02. The molecule has 0 aromatic heterocycles. The van der Waals surface area contributed by atoms with Gasteiger partial charge in [0.2, 0.25) is 0 Å². The Morgan fingerprint density at radius 2 is 1.48 bits per heavy atom. The molecule has 0 fully saturated rings. The third-order valence-corrected chi connectivity index (χ3v) is 3.56. The zero-order chi connectivity index (χ0) is 16.0. The fourth-order valence-corrected chi connectivity index (χ4v) is 2.00. The Balaban J connectivity index is 0.000000211. The lowest BCUT2D eigenvalue weighted by Crippen LogP contribution is -1.97. The first kappa shape index (κ1) is 16.9. The van der Waals surface area contributed by atoms with E-state index in [1.165, 1.54) is 12.1 Å². The largest absolute Gasteiger partial charge is 0.478 e. The van der Waals surface area contributed by atoms with E-state index in [4.69, 9.17) is 9.66 Å². The number of carboxylic acid groups (broad SMARTS) is 1. The van der Waals surface area contributed by atoms with Crippen molar-refractivity contribution in [3.63, 3.8) is 0 Å². The number of carbonyl (C=O) groups is 1. The van der Waals surface area contributed by atoms with Crippen LogP contribution in [-0.2, 0) is 10.1 Å². The van der Waals surface area contributed by atoms with Crippen LogP contribution in [-0.4, -0.2) is 24.0 Å². The molecule has 0 atom stereocenters. The van der Waals surface area contributed by atoms with E-state index in [1.807, 2.05) is 13.0 Å². The summed E-state index contributed by atoms with van der Waals surface area (Å²) < 4.78 is 29.6. The van der Waals surface area contributed by atoms with E-state index in [0.717, 1.165) is 11.1 Å². The zero-order valence-electron chi connectivity index (χ0n) is 11.6. The number of hydrogen-bond acceptors (Lipinski definition) is 3. The topological polar surface area (TPSA) is 91.7 Å². The average molecular weight is 308 g/mol. The number of rotatable bonds is 2. The third kappa shape index (κ3) is 5.37. The van der Waals surface area contributed by atoms with Crippen LogP contribution in [0.4, 0.5) is 0 Å². The molecule has 0 saturated heterocycles. The molecule has 0 radical (unpaired) electrons. The molecule has 0 saturated carbocycles. The standard InChI is InChI=1S/C8H8O2.C7H8O3S/c1-6-4-2-3-5-7(6)8(9)10;1-6-2-4-7(5-3-6)11(8,9)10/h2-5H,1H3,(H,9,10);2-5H,1H3,(H,8,9,10). The van der Waals surface area contributed by atoms with Crippen LogP contribution in [0.25, 0.3) is 0 Å². The molecule has 0 aliphatic rings. The average Bonchev–Trinajstić information content (AvgIpc) is 2.39. The molecule has 2 aromatic rings. The Labute approximate surface area is 123 Å². The van der Waals surface area contributed by atoms with E-state index in [9.17, 15) is 13.2 Å². The van der Waals surface area contributed by atoms with Crippen molar-refractivity contribution in [2.75, 3.05) is 0 Å². The molecule has 0 heterocycles. The number of hydrogen-bond donors (Lipinski definition) is 2. The lowest BCUT2D eigenvalue weighted by molar-refractivity contribution is 0.0696. The van der Waals surface area contributed by atoms with Crippen LogP contribution < -0.4 is 0 Å². The van der Waals surface area contributed by atoms with E-state index < -0.39 is 16.1 Å². The van der Waals surface area contributed by atoms with Gasteiger partial charge >= 0.3 is 5.97 Å². The maximum atomic E-state index is 10.5. The molecular weight excluding hydrogens is 292 g/mol.